The number of amides is 2. The zero-order valence-corrected chi connectivity index (χ0v) is 9.91. The molecule has 0 aromatic heterocycles. The van der Waals surface area contributed by atoms with E-state index in [1.165, 1.54) is 26.0 Å². The molecule has 0 saturated carbocycles. The normalized spacial score (nSPS) is 24.1. The lowest BCUT2D eigenvalue weighted by molar-refractivity contribution is -0.133. The van der Waals surface area contributed by atoms with Crippen molar-refractivity contribution < 1.29 is 18.4 Å². The summed E-state index contributed by atoms with van der Waals surface area (Å²) in [5, 5.41) is 2.47. The summed E-state index contributed by atoms with van der Waals surface area (Å²) in [6.45, 7) is 2.96. The molecule has 1 aromatic carbocycles. The van der Waals surface area contributed by atoms with Gasteiger partial charge in [-0.15, -0.1) is 0 Å². The molecule has 2 rings (SSSR count). The number of carbonyl (C=O) groups excluding carboxylic acids is 2. The minimum Gasteiger partial charge on any atom is -0.343 e. The minimum atomic E-state index is -1.13. The molecule has 0 radical (unpaired) electrons. The van der Waals surface area contributed by atoms with Gasteiger partial charge in [-0.2, -0.15) is 0 Å². The average Bonchev–Trinajstić information content (AvgIpc) is 2.32. The first kappa shape index (κ1) is 12.5. The van der Waals surface area contributed by atoms with Crippen molar-refractivity contribution in [3.05, 3.63) is 29.8 Å². The van der Waals surface area contributed by atoms with Crippen LogP contribution >= 0.6 is 0 Å². The molecule has 0 bridgehead atoms. The summed E-state index contributed by atoms with van der Waals surface area (Å²) in [6, 6.07) is 1.91. The standard InChI is InChI=1S/C12H12F2N2O2/c1-6-12(18)16(7(2)11(17)15-6)9-5-3-4-8(13)10(9)14/h3-7H,1-2H3,(H,15,17). The second kappa shape index (κ2) is 4.36. The fraction of sp³-hybridized carbons (Fsp3) is 0.333. The lowest BCUT2D eigenvalue weighted by atomic mass is 10.1. The van der Waals surface area contributed by atoms with Gasteiger partial charge in [0.1, 0.15) is 12.1 Å². The van der Waals surface area contributed by atoms with Crippen LogP contribution in [0.25, 0.3) is 0 Å². The van der Waals surface area contributed by atoms with Crippen LogP contribution in [-0.4, -0.2) is 23.9 Å². The summed E-state index contributed by atoms with van der Waals surface area (Å²) in [6.07, 6.45) is 0. The van der Waals surface area contributed by atoms with Crippen LogP contribution in [0.15, 0.2) is 18.2 Å². The molecule has 2 amide bonds. The third kappa shape index (κ3) is 1.83. The fourth-order valence-electron chi connectivity index (χ4n) is 1.92. The van der Waals surface area contributed by atoms with Gasteiger partial charge >= 0.3 is 0 Å². The van der Waals surface area contributed by atoms with Crippen LogP contribution in [0.1, 0.15) is 13.8 Å². The van der Waals surface area contributed by atoms with Gasteiger partial charge in [0.15, 0.2) is 11.6 Å². The first-order valence-electron chi connectivity index (χ1n) is 5.51. The summed E-state index contributed by atoms with van der Waals surface area (Å²) in [4.78, 5) is 24.6. The third-order valence-electron chi connectivity index (χ3n) is 2.92. The Kier molecular flexibility index (Phi) is 3.02. The van der Waals surface area contributed by atoms with E-state index in [-0.39, 0.29) is 5.69 Å². The van der Waals surface area contributed by atoms with Crippen molar-refractivity contribution in [2.75, 3.05) is 4.90 Å². The van der Waals surface area contributed by atoms with Crippen molar-refractivity contribution in [3.8, 4) is 0 Å². The highest BCUT2D eigenvalue weighted by Crippen LogP contribution is 2.26. The van der Waals surface area contributed by atoms with Crippen molar-refractivity contribution in [1.29, 1.82) is 0 Å². The van der Waals surface area contributed by atoms with Gasteiger partial charge in [-0.3, -0.25) is 14.5 Å². The molecule has 96 valence electrons. The molecule has 1 heterocycles. The predicted molar refractivity (Wildman–Crippen MR) is 60.9 cm³/mol. The second-order valence-electron chi connectivity index (χ2n) is 4.19. The van der Waals surface area contributed by atoms with Gasteiger partial charge < -0.3 is 5.32 Å². The minimum absolute atomic E-state index is 0.214. The molecule has 1 fully saturated rings. The molecule has 6 heteroatoms. The van der Waals surface area contributed by atoms with Crippen LogP contribution in [-0.2, 0) is 9.59 Å². The van der Waals surface area contributed by atoms with E-state index >= 15 is 0 Å². The van der Waals surface area contributed by atoms with Crippen molar-refractivity contribution in [1.82, 2.24) is 5.32 Å². The van der Waals surface area contributed by atoms with E-state index in [2.05, 4.69) is 5.32 Å². The molecule has 0 aliphatic carbocycles. The van der Waals surface area contributed by atoms with Crippen LogP contribution in [0, 0.1) is 11.6 Å². The maximum absolute atomic E-state index is 13.7. The largest absolute Gasteiger partial charge is 0.343 e. The van der Waals surface area contributed by atoms with E-state index in [4.69, 9.17) is 0 Å². The highest BCUT2D eigenvalue weighted by atomic mass is 19.2. The van der Waals surface area contributed by atoms with Crippen molar-refractivity contribution in [2.45, 2.75) is 25.9 Å². The van der Waals surface area contributed by atoms with Gasteiger partial charge in [-0.05, 0) is 26.0 Å². The maximum atomic E-state index is 13.7. The van der Waals surface area contributed by atoms with Crippen LogP contribution in [0.4, 0.5) is 14.5 Å². The molecule has 2 atom stereocenters. The monoisotopic (exact) mass is 254 g/mol. The molecule has 1 saturated heterocycles. The van der Waals surface area contributed by atoms with Crippen LogP contribution in [0.5, 0.6) is 0 Å². The van der Waals surface area contributed by atoms with E-state index in [1.54, 1.807) is 0 Å². The van der Waals surface area contributed by atoms with Crippen molar-refractivity contribution in [2.24, 2.45) is 0 Å². The van der Waals surface area contributed by atoms with E-state index in [1.807, 2.05) is 0 Å². The number of nitrogens with one attached hydrogen (secondary N) is 1. The van der Waals surface area contributed by atoms with Gasteiger partial charge in [0.25, 0.3) is 0 Å². The van der Waals surface area contributed by atoms with Gasteiger partial charge in [-0.25, -0.2) is 8.78 Å². The Morgan fingerprint density at radius 2 is 1.89 bits per heavy atom. The Bertz CT molecular complexity index is 519. The predicted octanol–water partition coefficient (Wildman–Crippen LogP) is 1.20. The van der Waals surface area contributed by atoms with Gasteiger partial charge in [-0.1, -0.05) is 6.07 Å². The number of rotatable bonds is 1. The Labute approximate surface area is 103 Å². The van der Waals surface area contributed by atoms with Crippen molar-refractivity contribution >= 4 is 17.5 Å². The van der Waals surface area contributed by atoms with E-state index < -0.39 is 35.5 Å². The smallest absolute Gasteiger partial charge is 0.250 e. The van der Waals surface area contributed by atoms with Gasteiger partial charge in [0, 0.05) is 0 Å². The molecule has 2 unspecified atom stereocenters. The third-order valence-corrected chi connectivity index (χ3v) is 2.92. The number of hydrogen-bond acceptors (Lipinski definition) is 2. The van der Waals surface area contributed by atoms with Crippen LogP contribution < -0.4 is 10.2 Å². The first-order valence-corrected chi connectivity index (χ1v) is 5.51. The van der Waals surface area contributed by atoms with E-state index in [9.17, 15) is 18.4 Å². The highest BCUT2D eigenvalue weighted by Gasteiger charge is 2.38. The molecular weight excluding hydrogens is 242 g/mol. The van der Waals surface area contributed by atoms with Crippen molar-refractivity contribution in [3.63, 3.8) is 0 Å². The number of benzene rings is 1. The van der Waals surface area contributed by atoms with Crippen LogP contribution in [0.3, 0.4) is 0 Å². The highest BCUT2D eigenvalue weighted by molar-refractivity contribution is 6.08. The van der Waals surface area contributed by atoms with Gasteiger partial charge in [0.05, 0.1) is 5.69 Å². The lowest BCUT2D eigenvalue weighted by Gasteiger charge is -2.36. The Balaban J connectivity index is 2.50. The molecule has 1 aliphatic rings. The summed E-state index contributed by atoms with van der Waals surface area (Å²) < 4.78 is 26.9. The number of halogens is 2. The molecule has 4 nitrogen and oxygen atoms in total. The average molecular weight is 254 g/mol. The fourth-order valence-corrected chi connectivity index (χ4v) is 1.92. The van der Waals surface area contributed by atoms with Gasteiger partial charge in [0.2, 0.25) is 11.8 Å². The second-order valence-corrected chi connectivity index (χ2v) is 4.19. The molecule has 1 aliphatic heterocycles. The summed E-state index contributed by atoms with van der Waals surface area (Å²) in [5.74, 6) is -3.04. The van der Waals surface area contributed by atoms with E-state index in [0.29, 0.717) is 0 Å². The quantitative estimate of drug-likeness (QED) is 0.818. The Morgan fingerprint density at radius 3 is 2.56 bits per heavy atom. The number of hydrogen-bond donors (Lipinski definition) is 1. The number of nitrogens with zero attached hydrogens (tertiary/aromatic N) is 1. The molecule has 1 N–H and O–H groups in total. The lowest BCUT2D eigenvalue weighted by Crippen LogP contribution is -2.62. The number of anilines is 1. The van der Waals surface area contributed by atoms with E-state index in [0.717, 1.165) is 11.0 Å². The molecule has 1 aromatic rings. The Hall–Kier alpha value is -1.98. The zero-order chi connectivity index (χ0) is 13.4. The molecule has 0 spiro atoms. The summed E-state index contributed by atoms with van der Waals surface area (Å²) in [5.41, 5.74) is -0.214. The molecule has 18 heavy (non-hydrogen) atoms. The summed E-state index contributed by atoms with van der Waals surface area (Å²) >= 11 is 0. The maximum Gasteiger partial charge on any atom is 0.250 e. The zero-order valence-electron chi connectivity index (χ0n) is 9.91. The first-order chi connectivity index (χ1) is 8.43. The number of piperazine rings is 1. The van der Waals surface area contributed by atoms with Crippen LogP contribution in [0.2, 0.25) is 0 Å². The molecular formula is C12H12F2N2O2. The summed E-state index contributed by atoms with van der Waals surface area (Å²) in [7, 11) is 0. The Morgan fingerprint density at radius 1 is 1.22 bits per heavy atom. The topological polar surface area (TPSA) is 49.4 Å². The number of carbonyl (C=O) groups is 2. The SMILES string of the molecule is CC1NC(=O)C(C)N(c2cccc(F)c2F)C1=O.